The smallest absolute Gasteiger partial charge is 0.305 e. The van der Waals surface area contributed by atoms with E-state index in [0.717, 1.165) is 57.2 Å². The molecule has 0 unspecified atom stereocenters. The second-order valence-corrected chi connectivity index (χ2v) is 13.4. The molecule has 10 heteroatoms. The Morgan fingerprint density at radius 1 is 1.10 bits per heavy atom. The van der Waals surface area contributed by atoms with Crippen LogP contribution >= 0.6 is 0 Å². The van der Waals surface area contributed by atoms with Crippen LogP contribution in [0.5, 0.6) is 5.88 Å². The zero-order valence-corrected chi connectivity index (χ0v) is 29.4. The third-order valence-corrected chi connectivity index (χ3v) is 10.7. The van der Waals surface area contributed by atoms with Gasteiger partial charge in [-0.25, -0.2) is 4.99 Å². The molecule has 7 rings (SSSR count). The molecule has 7 heterocycles. The number of aromatic amines is 2. The Balaban J connectivity index is 1.58. The summed E-state index contributed by atoms with van der Waals surface area (Å²) in [6.45, 7) is 14.6. The first-order chi connectivity index (χ1) is 24.1. The van der Waals surface area contributed by atoms with Gasteiger partial charge in [-0.15, -0.1) is 0 Å². The second kappa shape index (κ2) is 12.7. The van der Waals surface area contributed by atoms with Crippen LogP contribution in [0.3, 0.4) is 0 Å². The van der Waals surface area contributed by atoms with Crippen molar-refractivity contribution < 1.29 is 14.6 Å². The van der Waals surface area contributed by atoms with Crippen molar-refractivity contribution in [1.29, 1.82) is 0 Å². The van der Waals surface area contributed by atoms with E-state index in [4.69, 9.17) is 14.7 Å². The minimum atomic E-state index is -0.334. The zero-order valence-electron chi connectivity index (χ0n) is 29.4. The zero-order chi connectivity index (χ0) is 35.4. The first-order valence-electron chi connectivity index (χ1n) is 17.1. The van der Waals surface area contributed by atoms with Gasteiger partial charge in [0.15, 0.2) is 0 Å². The lowest BCUT2D eigenvalue weighted by Gasteiger charge is -2.20. The van der Waals surface area contributed by atoms with Crippen LogP contribution in [0.4, 0.5) is 0 Å². The third-order valence-electron chi connectivity index (χ3n) is 10.7. The number of esters is 1. The van der Waals surface area contributed by atoms with E-state index in [-0.39, 0.29) is 42.2 Å². The Morgan fingerprint density at radius 2 is 1.84 bits per heavy atom. The van der Waals surface area contributed by atoms with Gasteiger partial charge >= 0.3 is 5.97 Å². The number of ether oxygens (including phenoxy) is 1. The average molecular weight is 671 g/mol. The third kappa shape index (κ3) is 5.30. The van der Waals surface area contributed by atoms with Crippen LogP contribution in [0.15, 0.2) is 57.3 Å². The number of H-pyrrole nitrogens is 2. The fourth-order valence-electron chi connectivity index (χ4n) is 7.80. The molecule has 0 fully saturated rings. The lowest BCUT2D eigenvalue weighted by atomic mass is 9.84. The molecular weight excluding hydrogens is 628 g/mol. The quantitative estimate of drug-likeness (QED) is 0.230. The summed E-state index contributed by atoms with van der Waals surface area (Å²) >= 11 is 0. The first kappa shape index (κ1) is 33.0. The predicted octanol–water partition coefficient (Wildman–Crippen LogP) is 5.27. The van der Waals surface area contributed by atoms with Crippen LogP contribution in [0, 0.1) is 25.7 Å². The van der Waals surface area contributed by atoms with Crippen molar-refractivity contribution in [2.45, 2.75) is 66.8 Å². The number of nitrogens with one attached hydrogen (secondary N) is 2. The normalized spacial score (nSPS) is 17.6. The molecule has 0 aliphatic carbocycles. The minimum absolute atomic E-state index is 0.124. The van der Waals surface area contributed by atoms with Crippen LogP contribution in [0.25, 0.3) is 23.8 Å². The van der Waals surface area contributed by atoms with Gasteiger partial charge in [0.1, 0.15) is 0 Å². The molecule has 0 saturated heterocycles. The molecule has 0 aromatic carbocycles. The van der Waals surface area contributed by atoms with Crippen LogP contribution in [-0.4, -0.2) is 43.4 Å². The maximum absolute atomic E-state index is 14.4. The summed E-state index contributed by atoms with van der Waals surface area (Å²) in [7, 11) is 1.38. The van der Waals surface area contributed by atoms with Crippen LogP contribution < -0.4 is 16.1 Å². The van der Waals surface area contributed by atoms with E-state index >= 15 is 0 Å². The van der Waals surface area contributed by atoms with Crippen molar-refractivity contribution in [2.75, 3.05) is 7.11 Å². The van der Waals surface area contributed by atoms with E-state index in [1.54, 1.807) is 12.4 Å². The van der Waals surface area contributed by atoms with Crippen molar-refractivity contribution in [1.82, 2.24) is 19.5 Å². The minimum Gasteiger partial charge on any atom is -0.494 e. The number of carbonyl (C=O) groups is 1. The number of aliphatic imine (C=N–C) groups is 1. The lowest BCUT2D eigenvalue weighted by molar-refractivity contribution is -0.140. The molecular formula is C40H42N6O4. The molecule has 3 N–H and O–H groups in total. The number of methoxy groups -OCH3 is 1. The van der Waals surface area contributed by atoms with Gasteiger partial charge in [-0.2, -0.15) is 0 Å². The molecule has 4 aromatic heterocycles. The van der Waals surface area contributed by atoms with Crippen LogP contribution in [0.1, 0.15) is 89.8 Å². The SMILES string of the molecule is C=Cc1c2[nH]c(c1C)C=C1N=C(c3c(O)n(Cc4ccncc4)c(=O)c4c3=NC(=Cc3[nH]c(c(C)c3CC)C2)C=4C)[C@@H](CCC(=O)OC)[C@@H]1C. The predicted molar refractivity (Wildman–Crippen MR) is 195 cm³/mol. The molecule has 3 aliphatic rings. The standard InChI is InChI=1S/C40H42N6O4/c1-8-25-20(3)28-16-30-22(5)27(10-11-34(47)50-7)37(44-30)36-38-35(39(48)46(40(36)49)19-24-12-14-41-15-13-24)23(6)31(45-38)18-33-26(9-2)21(4)29(43-33)17-32(25)42-28/h8,12-16,18,22,27,42-43,49H,1,9-11,17,19H2,2-7H3/t22-,27-/m0/s1. The van der Waals surface area contributed by atoms with Crippen molar-refractivity contribution >= 4 is 35.5 Å². The number of aromatic hydroxyl groups is 1. The van der Waals surface area contributed by atoms with Crippen molar-refractivity contribution in [3.63, 3.8) is 0 Å². The largest absolute Gasteiger partial charge is 0.494 e. The maximum atomic E-state index is 14.4. The highest BCUT2D eigenvalue weighted by Gasteiger charge is 2.38. The summed E-state index contributed by atoms with van der Waals surface area (Å²) in [4.78, 5) is 48.7. The van der Waals surface area contributed by atoms with E-state index in [1.165, 1.54) is 22.8 Å². The summed E-state index contributed by atoms with van der Waals surface area (Å²) in [6.07, 6.45) is 11.4. The summed E-state index contributed by atoms with van der Waals surface area (Å²) in [5.74, 6) is -0.925. The van der Waals surface area contributed by atoms with Crippen LogP contribution in [-0.2, 0) is 28.9 Å². The summed E-state index contributed by atoms with van der Waals surface area (Å²) in [6, 6.07) is 3.65. The number of hydrogen-bond donors (Lipinski definition) is 3. The van der Waals surface area contributed by atoms with E-state index < -0.39 is 0 Å². The van der Waals surface area contributed by atoms with Gasteiger partial charge in [0, 0.05) is 65.5 Å². The number of nitrogens with zero attached hydrogens (tertiary/aromatic N) is 4. The lowest BCUT2D eigenvalue weighted by Crippen LogP contribution is -2.47. The fraction of sp³-hybridized carbons (Fsp3) is 0.325. The van der Waals surface area contributed by atoms with Crippen LogP contribution in [0.2, 0.25) is 0 Å². The molecule has 0 saturated carbocycles. The van der Waals surface area contributed by atoms with E-state index in [1.807, 2.05) is 31.2 Å². The highest BCUT2D eigenvalue weighted by atomic mass is 16.5. The Labute approximate surface area is 290 Å². The van der Waals surface area contributed by atoms with Gasteiger partial charge in [0.2, 0.25) is 5.88 Å². The van der Waals surface area contributed by atoms with E-state index in [0.29, 0.717) is 40.4 Å². The topological polar surface area (TPSA) is 138 Å². The second-order valence-electron chi connectivity index (χ2n) is 13.4. The highest BCUT2D eigenvalue weighted by molar-refractivity contribution is 6.07. The Morgan fingerprint density at radius 3 is 2.54 bits per heavy atom. The van der Waals surface area contributed by atoms with Gasteiger partial charge in [0.05, 0.1) is 41.2 Å². The first-order valence-corrected chi connectivity index (χ1v) is 17.1. The van der Waals surface area contributed by atoms with Gasteiger partial charge < -0.3 is 19.8 Å². The molecule has 4 aromatic rings. The van der Waals surface area contributed by atoms with Gasteiger partial charge in [0.25, 0.3) is 5.56 Å². The van der Waals surface area contributed by atoms with Crippen molar-refractivity contribution in [3.8, 4) is 5.88 Å². The van der Waals surface area contributed by atoms with E-state index in [2.05, 4.69) is 55.3 Å². The molecule has 0 radical (unpaired) electrons. The summed E-state index contributed by atoms with van der Waals surface area (Å²) in [5, 5.41) is 13.0. The molecule has 0 amide bonds. The molecule has 10 nitrogen and oxygen atoms in total. The van der Waals surface area contributed by atoms with Gasteiger partial charge in [-0.05, 0) is 91.3 Å². The summed E-state index contributed by atoms with van der Waals surface area (Å²) in [5.41, 5.74) is 12.1. The highest BCUT2D eigenvalue weighted by Crippen LogP contribution is 2.39. The number of carbonyl (C=O) groups excluding carboxylic acids is 1. The Bertz CT molecular complexity index is 2370. The van der Waals surface area contributed by atoms with Gasteiger partial charge in [-0.1, -0.05) is 26.5 Å². The maximum Gasteiger partial charge on any atom is 0.305 e. The molecule has 2 atom stereocenters. The number of fused-ring (bicyclic) bond motifs is 7. The van der Waals surface area contributed by atoms with Gasteiger partial charge in [-0.3, -0.25) is 24.1 Å². The molecule has 256 valence electrons. The Kier molecular flexibility index (Phi) is 8.41. The number of allylic oxidation sites excluding steroid dienone is 2. The molecule has 3 aliphatic heterocycles. The number of aromatic nitrogens is 4. The summed E-state index contributed by atoms with van der Waals surface area (Å²) < 4.78 is 6.42. The molecule has 50 heavy (non-hydrogen) atoms. The number of pyridine rings is 2. The fourth-order valence-corrected chi connectivity index (χ4v) is 7.80. The molecule has 8 bridgehead atoms. The number of hydrogen-bond acceptors (Lipinski definition) is 7. The van der Waals surface area contributed by atoms with E-state index in [9.17, 15) is 14.7 Å². The Hall–Kier alpha value is -5.51. The monoisotopic (exact) mass is 670 g/mol. The molecule has 0 spiro atoms. The number of rotatable bonds is 7. The van der Waals surface area contributed by atoms with Crippen molar-refractivity contribution in [2.24, 2.45) is 21.8 Å². The average Bonchev–Trinajstić information content (AvgIpc) is 3.79. The van der Waals surface area contributed by atoms with Crippen molar-refractivity contribution in [3.05, 3.63) is 120 Å².